The molecule has 19 heavy (non-hydrogen) atoms. The summed E-state index contributed by atoms with van der Waals surface area (Å²) < 4.78 is 5.05. The van der Waals surface area contributed by atoms with Crippen LogP contribution in [0.1, 0.15) is 17.3 Å². The van der Waals surface area contributed by atoms with E-state index in [0.29, 0.717) is 17.2 Å². The van der Waals surface area contributed by atoms with Gasteiger partial charge in [0.05, 0.1) is 22.9 Å². The molecule has 2 N–H and O–H groups in total. The van der Waals surface area contributed by atoms with E-state index in [9.17, 15) is 4.79 Å². The molecule has 0 amide bonds. The Hall–Kier alpha value is -2.00. The van der Waals surface area contributed by atoms with Crippen molar-refractivity contribution < 1.29 is 9.53 Å². The third-order valence-corrected chi connectivity index (χ3v) is 3.09. The lowest BCUT2D eigenvalue weighted by Crippen LogP contribution is -2.10. The number of carbonyl (C=O) groups excluding carboxylic acids is 1. The normalized spacial score (nSPS) is 10.2. The van der Waals surface area contributed by atoms with Gasteiger partial charge in [0.1, 0.15) is 0 Å². The third-order valence-electron chi connectivity index (χ3n) is 2.76. The van der Waals surface area contributed by atoms with E-state index in [-0.39, 0.29) is 5.69 Å². The summed E-state index contributed by atoms with van der Waals surface area (Å²) >= 11 is 5.98. The van der Waals surface area contributed by atoms with Gasteiger partial charge >= 0.3 is 5.97 Å². The van der Waals surface area contributed by atoms with Crippen molar-refractivity contribution >= 4 is 23.3 Å². The van der Waals surface area contributed by atoms with Crippen LogP contribution in [0.15, 0.2) is 42.5 Å². The van der Waals surface area contributed by atoms with Gasteiger partial charge < -0.3 is 10.5 Å². The minimum atomic E-state index is -0.457. The molecular formula is C15H14ClNO2. The first-order valence-corrected chi connectivity index (χ1v) is 6.33. The van der Waals surface area contributed by atoms with Gasteiger partial charge in [-0.2, -0.15) is 0 Å². The highest BCUT2D eigenvalue weighted by atomic mass is 35.5. The number of carbonyl (C=O) groups is 1. The number of benzene rings is 2. The average Bonchev–Trinajstić information content (AvgIpc) is 2.42. The summed E-state index contributed by atoms with van der Waals surface area (Å²) in [4.78, 5) is 12.1. The molecule has 0 radical (unpaired) electrons. The summed E-state index contributed by atoms with van der Waals surface area (Å²) in [7, 11) is 0. The lowest BCUT2D eigenvalue weighted by molar-refractivity contribution is 0.0528. The number of rotatable bonds is 3. The lowest BCUT2D eigenvalue weighted by Gasteiger charge is -2.12. The number of ether oxygens (including phenoxy) is 1. The maximum absolute atomic E-state index is 12.1. The second-order valence-corrected chi connectivity index (χ2v) is 4.38. The number of nitrogen functional groups attached to an aromatic ring is 1. The van der Waals surface area contributed by atoms with E-state index in [1.807, 2.05) is 30.3 Å². The van der Waals surface area contributed by atoms with Crippen molar-refractivity contribution in [3.05, 3.63) is 53.1 Å². The van der Waals surface area contributed by atoms with E-state index in [0.717, 1.165) is 11.1 Å². The van der Waals surface area contributed by atoms with Crippen LogP contribution in [0, 0.1) is 0 Å². The zero-order chi connectivity index (χ0) is 13.8. The van der Waals surface area contributed by atoms with Crippen LogP contribution in [0.4, 0.5) is 5.69 Å². The Morgan fingerprint density at radius 1 is 1.21 bits per heavy atom. The SMILES string of the molecule is CCOC(=O)c1c(-c2ccccc2)ccc(Cl)c1N. The molecule has 0 bridgehead atoms. The fourth-order valence-electron chi connectivity index (χ4n) is 1.88. The highest BCUT2D eigenvalue weighted by Gasteiger charge is 2.19. The standard InChI is InChI=1S/C15H14ClNO2/c1-2-19-15(18)13-11(8-9-12(16)14(13)17)10-6-4-3-5-7-10/h3-9H,2,17H2,1H3. The highest BCUT2D eigenvalue weighted by molar-refractivity contribution is 6.34. The van der Waals surface area contributed by atoms with Crippen molar-refractivity contribution in [1.29, 1.82) is 0 Å². The number of hydrogen-bond donors (Lipinski definition) is 1. The van der Waals surface area contributed by atoms with Gasteiger partial charge in [-0.1, -0.05) is 48.0 Å². The molecule has 0 aromatic heterocycles. The summed E-state index contributed by atoms with van der Waals surface area (Å²) in [6.45, 7) is 2.04. The summed E-state index contributed by atoms with van der Waals surface area (Å²) in [5, 5.41) is 0.350. The maximum atomic E-state index is 12.1. The van der Waals surface area contributed by atoms with Crippen molar-refractivity contribution in [1.82, 2.24) is 0 Å². The molecule has 0 fully saturated rings. The van der Waals surface area contributed by atoms with E-state index < -0.39 is 5.97 Å². The second-order valence-electron chi connectivity index (χ2n) is 3.97. The smallest absolute Gasteiger partial charge is 0.340 e. The quantitative estimate of drug-likeness (QED) is 0.685. The maximum Gasteiger partial charge on any atom is 0.340 e. The van der Waals surface area contributed by atoms with Crippen LogP contribution in [0.25, 0.3) is 11.1 Å². The van der Waals surface area contributed by atoms with Gasteiger partial charge in [0.15, 0.2) is 0 Å². The van der Waals surface area contributed by atoms with Crippen molar-refractivity contribution in [3.63, 3.8) is 0 Å². The monoisotopic (exact) mass is 275 g/mol. The van der Waals surface area contributed by atoms with Crippen molar-refractivity contribution in [2.24, 2.45) is 0 Å². The molecule has 2 aromatic rings. The second kappa shape index (κ2) is 5.76. The molecule has 2 rings (SSSR count). The van der Waals surface area contributed by atoms with Gasteiger partial charge in [0, 0.05) is 0 Å². The molecule has 98 valence electrons. The van der Waals surface area contributed by atoms with Crippen molar-refractivity contribution in [3.8, 4) is 11.1 Å². The number of nitrogens with two attached hydrogens (primary N) is 1. The minimum absolute atomic E-state index is 0.251. The summed E-state index contributed by atoms with van der Waals surface area (Å²) in [5.41, 5.74) is 8.11. The van der Waals surface area contributed by atoms with E-state index in [4.69, 9.17) is 22.1 Å². The third kappa shape index (κ3) is 2.71. The Balaban J connectivity index is 2.61. The molecule has 0 aliphatic rings. The van der Waals surface area contributed by atoms with Crippen LogP contribution in [-0.2, 0) is 4.74 Å². The Labute approximate surface area is 117 Å². The first kappa shape index (κ1) is 13.4. The summed E-state index contributed by atoms with van der Waals surface area (Å²) in [5.74, 6) is -0.457. The fraction of sp³-hybridized carbons (Fsp3) is 0.133. The average molecular weight is 276 g/mol. The van der Waals surface area contributed by atoms with Gasteiger partial charge in [-0.15, -0.1) is 0 Å². The summed E-state index contributed by atoms with van der Waals surface area (Å²) in [6.07, 6.45) is 0. The largest absolute Gasteiger partial charge is 0.462 e. The molecule has 0 saturated heterocycles. The first-order valence-electron chi connectivity index (χ1n) is 5.95. The molecule has 4 heteroatoms. The van der Waals surface area contributed by atoms with Crippen LogP contribution in [0.3, 0.4) is 0 Å². The Bertz CT molecular complexity index is 597. The molecule has 0 spiro atoms. The van der Waals surface area contributed by atoms with Crippen LogP contribution in [0.2, 0.25) is 5.02 Å². The van der Waals surface area contributed by atoms with E-state index in [1.54, 1.807) is 19.1 Å². The molecule has 0 unspecified atom stereocenters. The Morgan fingerprint density at radius 2 is 1.89 bits per heavy atom. The molecule has 2 aromatic carbocycles. The Kier molecular flexibility index (Phi) is 4.07. The number of halogens is 1. The van der Waals surface area contributed by atoms with Gasteiger partial charge in [-0.25, -0.2) is 4.79 Å². The highest BCUT2D eigenvalue weighted by Crippen LogP contribution is 2.33. The molecule has 0 saturated carbocycles. The predicted molar refractivity (Wildman–Crippen MR) is 77.3 cm³/mol. The molecular weight excluding hydrogens is 262 g/mol. The molecule has 0 aliphatic carbocycles. The van der Waals surface area contributed by atoms with E-state index in [1.165, 1.54) is 0 Å². The molecule has 0 aliphatic heterocycles. The zero-order valence-electron chi connectivity index (χ0n) is 10.5. The van der Waals surface area contributed by atoms with Crippen LogP contribution < -0.4 is 5.73 Å². The van der Waals surface area contributed by atoms with Crippen LogP contribution in [0.5, 0.6) is 0 Å². The first-order chi connectivity index (χ1) is 9.15. The van der Waals surface area contributed by atoms with E-state index >= 15 is 0 Å². The van der Waals surface area contributed by atoms with Crippen LogP contribution >= 0.6 is 11.6 Å². The van der Waals surface area contributed by atoms with Crippen LogP contribution in [-0.4, -0.2) is 12.6 Å². The topological polar surface area (TPSA) is 52.3 Å². The van der Waals surface area contributed by atoms with Gasteiger partial charge in [0.2, 0.25) is 0 Å². The Morgan fingerprint density at radius 3 is 2.53 bits per heavy atom. The number of hydrogen-bond acceptors (Lipinski definition) is 3. The zero-order valence-corrected chi connectivity index (χ0v) is 11.3. The summed E-state index contributed by atoms with van der Waals surface area (Å²) in [6, 6.07) is 13.0. The molecule has 3 nitrogen and oxygen atoms in total. The van der Waals surface area contributed by atoms with E-state index in [2.05, 4.69) is 0 Å². The number of esters is 1. The minimum Gasteiger partial charge on any atom is -0.462 e. The number of anilines is 1. The van der Waals surface area contributed by atoms with Gasteiger partial charge in [-0.3, -0.25) is 0 Å². The van der Waals surface area contributed by atoms with Crippen molar-refractivity contribution in [2.75, 3.05) is 12.3 Å². The fourth-order valence-corrected chi connectivity index (χ4v) is 2.03. The van der Waals surface area contributed by atoms with Gasteiger partial charge in [0.25, 0.3) is 0 Å². The molecule has 0 heterocycles. The lowest BCUT2D eigenvalue weighted by atomic mass is 9.98. The molecule has 0 atom stereocenters. The predicted octanol–water partition coefficient (Wildman–Crippen LogP) is 3.77. The van der Waals surface area contributed by atoms with Gasteiger partial charge in [-0.05, 0) is 24.1 Å². The van der Waals surface area contributed by atoms with Crippen molar-refractivity contribution in [2.45, 2.75) is 6.92 Å².